The van der Waals surface area contributed by atoms with E-state index in [-0.39, 0.29) is 29.3 Å². The number of ketones is 2. The number of carbonyl (C=O) groups excluding carboxylic acids is 2. The van der Waals surface area contributed by atoms with E-state index >= 15 is 0 Å². The van der Waals surface area contributed by atoms with Gasteiger partial charge in [-0.15, -0.1) is 0 Å². The molecule has 1 aromatic heterocycles. The van der Waals surface area contributed by atoms with Crippen LogP contribution in [0.3, 0.4) is 0 Å². The Balaban J connectivity index is 2.09. The van der Waals surface area contributed by atoms with Crippen LogP contribution in [0, 0.1) is 23.2 Å². The molecular weight excluding hydrogens is 404 g/mol. The van der Waals surface area contributed by atoms with Gasteiger partial charge in [0.2, 0.25) is 0 Å². The lowest BCUT2D eigenvalue weighted by Gasteiger charge is -2.52. The predicted molar refractivity (Wildman–Crippen MR) is 123 cm³/mol. The van der Waals surface area contributed by atoms with Crippen molar-refractivity contribution >= 4 is 17.1 Å². The third-order valence-corrected chi connectivity index (χ3v) is 8.58. The SMILES string of the molecule is C=C1C2=C([C@H](C(=C)OC)C[C@]3(C)C(=O)CCC23)[C@@](C)([C@H](C)COC)c2c(C(C)=O)coc21. The number of hydrogen-bond acceptors (Lipinski definition) is 5. The topological polar surface area (TPSA) is 65.7 Å². The van der Waals surface area contributed by atoms with E-state index in [2.05, 4.69) is 33.9 Å². The minimum absolute atomic E-state index is 0.0358. The second kappa shape index (κ2) is 7.58. The molecule has 1 unspecified atom stereocenters. The number of furan rings is 1. The first-order chi connectivity index (χ1) is 15.0. The molecule has 3 aliphatic carbocycles. The zero-order chi connectivity index (χ0) is 23.6. The van der Waals surface area contributed by atoms with Gasteiger partial charge in [-0.3, -0.25) is 9.59 Å². The first-order valence-corrected chi connectivity index (χ1v) is 11.4. The minimum Gasteiger partial charge on any atom is -0.501 e. The van der Waals surface area contributed by atoms with Gasteiger partial charge in [-0.05, 0) is 42.7 Å². The van der Waals surface area contributed by atoms with Crippen molar-refractivity contribution in [3.63, 3.8) is 0 Å². The Morgan fingerprint density at radius 1 is 1.34 bits per heavy atom. The molecule has 5 nitrogen and oxygen atoms in total. The highest BCUT2D eigenvalue weighted by Gasteiger charge is 2.60. The second-order valence-electron chi connectivity index (χ2n) is 10.1. The fourth-order valence-corrected chi connectivity index (χ4v) is 6.67. The lowest BCUT2D eigenvalue weighted by molar-refractivity contribution is -0.127. The highest BCUT2D eigenvalue weighted by Crippen LogP contribution is 2.65. The van der Waals surface area contributed by atoms with Crippen LogP contribution in [-0.2, 0) is 19.7 Å². The van der Waals surface area contributed by atoms with Gasteiger partial charge in [-0.25, -0.2) is 0 Å². The van der Waals surface area contributed by atoms with Gasteiger partial charge in [0.1, 0.15) is 17.8 Å². The third-order valence-electron chi connectivity index (χ3n) is 8.58. The smallest absolute Gasteiger partial charge is 0.163 e. The molecule has 1 aromatic rings. The van der Waals surface area contributed by atoms with E-state index in [9.17, 15) is 9.59 Å². The summed E-state index contributed by atoms with van der Waals surface area (Å²) in [4.78, 5) is 25.7. The molecule has 0 aromatic carbocycles. The molecule has 0 amide bonds. The molecule has 5 heteroatoms. The maximum atomic E-state index is 13.1. The molecule has 0 radical (unpaired) electrons. The van der Waals surface area contributed by atoms with Crippen molar-refractivity contribution < 1.29 is 23.5 Å². The number of rotatable bonds is 6. The van der Waals surface area contributed by atoms with Gasteiger partial charge in [-0.1, -0.05) is 33.9 Å². The first-order valence-electron chi connectivity index (χ1n) is 11.4. The summed E-state index contributed by atoms with van der Waals surface area (Å²) in [5.41, 5.74) is 3.43. The molecule has 0 bridgehead atoms. The molecule has 1 saturated carbocycles. The molecule has 0 aliphatic heterocycles. The van der Waals surface area contributed by atoms with Crippen LogP contribution in [0.1, 0.15) is 68.6 Å². The van der Waals surface area contributed by atoms with E-state index < -0.39 is 10.8 Å². The summed E-state index contributed by atoms with van der Waals surface area (Å²) in [5, 5.41) is 0. The Hall–Kier alpha value is -2.40. The van der Waals surface area contributed by atoms with E-state index in [0.29, 0.717) is 36.5 Å². The number of methoxy groups -OCH3 is 2. The molecule has 5 atom stereocenters. The van der Waals surface area contributed by atoms with Crippen molar-refractivity contribution in [1.82, 2.24) is 0 Å². The zero-order valence-corrected chi connectivity index (χ0v) is 20.1. The van der Waals surface area contributed by atoms with Gasteiger partial charge in [0.15, 0.2) is 5.78 Å². The molecular formula is C27H34O5. The summed E-state index contributed by atoms with van der Waals surface area (Å²) in [5.74, 6) is 1.47. The molecule has 0 saturated heterocycles. The van der Waals surface area contributed by atoms with E-state index in [1.807, 2.05) is 0 Å². The Morgan fingerprint density at radius 2 is 2.03 bits per heavy atom. The fourth-order valence-electron chi connectivity index (χ4n) is 6.67. The summed E-state index contributed by atoms with van der Waals surface area (Å²) in [6.07, 6.45) is 3.57. The molecule has 0 N–H and O–H groups in total. The summed E-state index contributed by atoms with van der Waals surface area (Å²) >= 11 is 0. The quantitative estimate of drug-likeness (QED) is 0.433. The largest absolute Gasteiger partial charge is 0.501 e. The van der Waals surface area contributed by atoms with Gasteiger partial charge in [-0.2, -0.15) is 0 Å². The van der Waals surface area contributed by atoms with Gasteiger partial charge < -0.3 is 13.9 Å². The Morgan fingerprint density at radius 3 is 2.62 bits per heavy atom. The lowest BCUT2D eigenvalue weighted by Crippen LogP contribution is -2.48. The van der Waals surface area contributed by atoms with E-state index in [4.69, 9.17) is 13.9 Å². The van der Waals surface area contributed by atoms with Crippen molar-refractivity contribution in [3.05, 3.63) is 53.2 Å². The standard InChI is InChI=1S/C27H34O5/c1-14(12-30-7)27(6)23-18(17(4)31-8)11-26(5)20(9-10-21(26)29)22(23)15(2)25-24(27)19(13-32-25)16(3)28/h13-14,18,20H,2,4,9-12H2,1,3,5-8H3/t14-,18+,20?,26+,27-/m1/s1. The molecule has 4 rings (SSSR count). The molecule has 1 heterocycles. The average molecular weight is 439 g/mol. The number of hydrogen-bond donors (Lipinski definition) is 0. The van der Waals surface area contributed by atoms with Gasteiger partial charge in [0.25, 0.3) is 0 Å². The highest BCUT2D eigenvalue weighted by molar-refractivity contribution is 6.00. The fraction of sp³-hybridized carbons (Fsp3) is 0.556. The van der Waals surface area contributed by atoms with Gasteiger partial charge in [0, 0.05) is 48.0 Å². The third kappa shape index (κ3) is 2.79. The Bertz CT molecular complexity index is 1060. The van der Waals surface area contributed by atoms with E-state index in [1.165, 1.54) is 0 Å². The Kier molecular flexibility index (Phi) is 5.40. The summed E-state index contributed by atoms with van der Waals surface area (Å²) < 4.78 is 17.3. The first kappa shape index (κ1) is 22.8. The van der Waals surface area contributed by atoms with Gasteiger partial charge >= 0.3 is 0 Å². The van der Waals surface area contributed by atoms with Crippen LogP contribution in [-0.4, -0.2) is 32.4 Å². The lowest BCUT2D eigenvalue weighted by atomic mass is 9.50. The molecule has 32 heavy (non-hydrogen) atoms. The van der Waals surface area contributed by atoms with E-state index in [0.717, 1.165) is 28.7 Å². The normalized spacial score (nSPS) is 32.3. The van der Waals surface area contributed by atoms with Crippen molar-refractivity contribution in [2.45, 2.75) is 52.4 Å². The van der Waals surface area contributed by atoms with Gasteiger partial charge in [0.05, 0.1) is 18.4 Å². The average Bonchev–Trinajstić information content (AvgIpc) is 3.33. The highest BCUT2D eigenvalue weighted by atomic mass is 16.5. The van der Waals surface area contributed by atoms with Crippen LogP contribution >= 0.6 is 0 Å². The van der Waals surface area contributed by atoms with Crippen molar-refractivity contribution in [2.24, 2.45) is 23.2 Å². The molecule has 0 spiro atoms. The monoisotopic (exact) mass is 438 g/mol. The minimum atomic E-state index is -0.561. The van der Waals surface area contributed by atoms with Crippen molar-refractivity contribution in [3.8, 4) is 0 Å². The molecule has 172 valence electrons. The zero-order valence-electron chi connectivity index (χ0n) is 20.1. The summed E-state index contributed by atoms with van der Waals surface area (Å²) in [6.45, 7) is 17.2. The van der Waals surface area contributed by atoms with Crippen molar-refractivity contribution in [2.75, 3.05) is 20.8 Å². The van der Waals surface area contributed by atoms with Crippen LogP contribution in [0.5, 0.6) is 0 Å². The van der Waals surface area contributed by atoms with Crippen LogP contribution < -0.4 is 0 Å². The maximum Gasteiger partial charge on any atom is 0.163 e. The number of carbonyl (C=O) groups is 2. The second-order valence-corrected chi connectivity index (χ2v) is 10.1. The van der Waals surface area contributed by atoms with Crippen molar-refractivity contribution in [1.29, 1.82) is 0 Å². The van der Waals surface area contributed by atoms with Crippen LogP contribution in [0.25, 0.3) is 5.57 Å². The number of Topliss-reactive ketones (excluding diaryl/α,β-unsaturated/α-hetero) is 2. The summed E-state index contributed by atoms with van der Waals surface area (Å²) in [7, 11) is 3.32. The Labute approximate surface area is 190 Å². The van der Waals surface area contributed by atoms with E-state index in [1.54, 1.807) is 27.4 Å². The number of fused-ring (bicyclic) bond motifs is 3. The summed E-state index contributed by atoms with van der Waals surface area (Å²) in [6, 6.07) is 0. The molecule has 3 aliphatic rings. The van der Waals surface area contributed by atoms with Crippen LogP contribution in [0.4, 0.5) is 0 Å². The molecule has 1 fully saturated rings. The maximum absolute atomic E-state index is 13.1. The number of allylic oxidation sites excluding steroid dienone is 3. The number of ether oxygens (including phenoxy) is 2. The predicted octanol–water partition coefficient (Wildman–Crippen LogP) is 5.51. The van der Waals surface area contributed by atoms with Crippen LogP contribution in [0.15, 0.2) is 40.7 Å². The van der Waals surface area contributed by atoms with Crippen LogP contribution in [0.2, 0.25) is 0 Å².